The minimum atomic E-state index is 0.462. The van der Waals surface area contributed by atoms with Gasteiger partial charge in [0, 0.05) is 18.9 Å². The van der Waals surface area contributed by atoms with Gasteiger partial charge < -0.3 is 9.88 Å². The third kappa shape index (κ3) is 2.01. The summed E-state index contributed by atoms with van der Waals surface area (Å²) in [7, 11) is 2.08. The predicted molar refractivity (Wildman–Crippen MR) is 68.6 cm³/mol. The number of hydrogen-bond acceptors (Lipinski definition) is 2. The van der Waals surface area contributed by atoms with E-state index in [2.05, 4.69) is 35.0 Å². The van der Waals surface area contributed by atoms with Gasteiger partial charge in [0.2, 0.25) is 0 Å². The first kappa shape index (κ1) is 11.3. The molecule has 0 aromatic carbocycles. The summed E-state index contributed by atoms with van der Waals surface area (Å²) >= 11 is 0. The Morgan fingerprint density at radius 3 is 2.82 bits per heavy atom. The van der Waals surface area contributed by atoms with Crippen LogP contribution >= 0.6 is 0 Å². The van der Waals surface area contributed by atoms with Crippen molar-refractivity contribution in [2.45, 2.75) is 45.2 Å². The molecule has 3 nitrogen and oxygen atoms in total. The van der Waals surface area contributed by atoms with Crippen LogP contribution in [0.1, 0.15) is 44.5 Å². The van der Waals surface area contributed by atoms with E-state index >= 15 is 0 Å². The molecule has 3 atom stereocenters. The summed E-state index contributed by atoms with van der Waals surface area (Å²) in [6, 6.07) is 0.462. The normalized spacial score (nSPS) is 32.5. The maximum atomic E-state index is 4.59. The second kappa shape index (κ2) is 4.45. The highest BCUT2D eigenvalue weighted by Crippen LogP contribution is 2.56. The predicted octanol–water partition coefficient (Wildman–Crippen LogP) is 2.60. The van der Waals surface area contributed by atoms with E-state index in [-0.39, 0.29) is 0 Å². The number of fused-ring (bicyclic) bond motifs is 1. The highest BCUT2D eigenvalue weighted by atomic mass is 15.1. The van der Waals surface area contributed by atoms with Crippen molar-refractivity contribution in [2.24, 2.45) is 17.8 Å². The van der Waals surface area contributed by atoms with Gasteiger partial charge in [-0.05, 0) is 50.5 Å². The zero-order chi connectivity index (χ0) is 11.8. The molecule has 0 radical (unpaired) electrons. The average Bonchev–Trinajstić information content (AvgIpc) is 2.76. The fourth-order valence-corrected chi connectivity index (χ4v) is 3.64. The molecule has 0 bridgehead atoms. The Balaban J connectivity index is 1.76. The molecule has 2 aliphatic rings. The van der Waals surface area contributed by atoms with Gasteiger partial charge >= 0.3 is 0 Å². The lowest BCUT2D eigenvalue weighted by atomic mass is 9.94. The zero-order valence-corrected chi connectivity index (χ0v) is 10.9. The second-order valence-electron chi connectivity index (χ2n) is 5.73. The van der Waals surface area contributed by atoms with Crippen LogP contribution in [0, 0.1) is 17.8 Å². The van der Waals surface area contributed by atoms with E-state index in [0.717, 1.165) is 24.3 Å². The number of imidazole rings is 1. The summed E-state index contributed by atoms with van der Waals surface area (Å²) in [4.78, 5) is 4.59. The van der Waals surface area contributed by atoms with Gasteiger partial charge in [0.25, 0.3) is 0 Å². The van der Waals surface area contributed by atoms with E-state index in [1.165, 1.54) is 31.5 Å². The Bertz CT molecular complexity index is 375. The van der Waals surface area contributed by atoms with Gasteiger partial charge in [0.05, 0.1) is 6.04 Å². The lowest BCUT2D eigenvalue weighted by molar-refractivity contribution is 0.336. The number of nitrogens with one attached hydrogen (secondary N) is 1. The van der Waals surface area contributed by atoms with Crippen molar-refractivity contribution in [3.8, 4) is 0 Å². The standard InChI is InChI=1S/C14H23N3/c1-3-5-17-6-4-16-14(17)13(15-2)12-8-10-7-11(10)9-12/h4,6,10-13,15H,3,5,7-9H2,1-2H3. The molecule has 1 heterocycles. The maximum absolute atomic E-state index is 4.59. The Labute approximate surface area is 104 Å². The first-order valence-corrected chi connectivity index (χ1v) is 7.01. The molecular formula is C14H23N3. The number of rotatable bonds is 5. The van der Waals surface area contributed by atoms with E-state index in [1.807, 2.05) is 6.20 Å². The average molecular weight is 233 g/mol. The highest BCUT2D eigenvalue weighted by Gasteiger charge is 2.48. The van der Waals surface area contributed by atoms with Crippen molar-refractivity contribution in [1.82, 2.24) is 14.9 Å². The van der Waals surface area contributed by atoms with Crippen molar-refractivity contribution < 1.29 is 0 Å². The topological polar surface area (TPSA) is 29.9 Å². The molecule has 3 rings (SSSR count). The smallest absolute Gasteiger partial charge is 0.126 e. The molecule has 0 spiro atoms. The van der Waals surface area contributed by atoms with Gasteiger partial charge in [-0.3, -0.25) is 0 Å². The fourth-order valence-electron chi connectivity index (χ4n) is 3.64. The minimum Gasteiger partial charge on any atom is -0.334 e. The Morgan fingerprint density at radius 2 is 2.18 bits per heavy atom. The molecule has 2 fully saturated rings. The molecule has 2 aliphatic carbocycles. The molecule has 1 N–H and O–H groups in total. The molecule has 94 valence electrons. The van der Waals surface area contributed by atoms with Crippen LogP contribution in [0.5, 0.6) is 0 Å². The van der Waals surface area contributed by atoms with Crippen molar-refractivity contribution in [3.63, 3.8) is 0 Å². The molecule has 1 aromatic rings. The lowest BCUT2D eigenvalue weighted by Gasteiger charge is -2.24. The van der Waals surface area contributed by atoms with Gasteiger partial charge in [-0.25, -0.2) is 4.98 Å². The molecule has 1 aromatic heterocycles. The Morgan fingerprint density at radius 1 is 1.41 bits per heavy atom. The number of aryl methyl sites for hydroxylation is 1. The van der Waals surface area contributed by atoms with Crippen molar-refractivity contribution >= 4 is 0 Å². The van der Waals surface area contributed by atoms with Crippen molar-refractivity contribution in [1.29, 1.82) is 0 Å². The molecule has 3 unspecified atom stereocenters. The van der Waals surface area contributed by atoms with Crippen LogP contribution in [0.4, 0.5) is 0 Å². The Kier molecular flexibility index (Phi) is 2.95. The van der Waals surface area contributed by atoms with E-state index in [0.29, 0.717) is 6.04 Å². The third-order valence-corrected chi connectivity index (χ3v) is 4.55. The highest BCUT2D eigenvalue weighted by molar-refractivity contribution is 5.07. The molecule has 0 aliphatic heterocycles. The van der Waals surface area contributed by atoms with Crippen LogP contribution in [-0.2, 0) is 6.54 Å². The summed E-state index contributed by atoms with van der Waals surface area (Å²) < 4.78 is 2.32. The SMILES string of the molecule is CCCn1ccnc1C(NC)C1CC2CC2C1. The van der Waals surface area contributed by atoms with Crippen LogP contribution in [0.25, 0.3) is 0 Å². The summed E-state index contributed by atoms with van der Waals surface area (Å²) in [6.07, 6.45) is 9.57. The first-order valence-electron chi connectivity index (χ1n) is 7.01. The van der Waals surface area contributed by atoms with Gasteiger partial charge in [0.1, 0.15) is 5.82 Å². The number of aromatic nitrogens is 2. The fraction of sp³-hybridized carbons (Fsp3) is 0.786. The third-order valence-electron chi connectivity index (χ3n) is 4.55. The Hall–Kier alpha value is -0.830. The largest absolute Gasteiger partial charge is 0.334 e. The van der Waals surface area contributed by atoms with E-state index in [1.54, 1.807) is 0 Å². The molecule has 3 heteroatoms. The number of hydrogen-bond donors (Lipinski definition) is 1. The van der Waals surface area contributed by atoms with Crippen LogP contribution in [0.2, 0.25) is 0 Å². The van der Waals surface area contributed by atoms with Crippen molar-refractivity contribution in [3.05, 3.63) is 18.2 Å². The van der Waals surface area contributed by atoms with Gasteiger partial charge in [0.15, 0.2) is 0 Å². The monoisotopic (exact) mass is 233 g/mol. The summed E-state index contributed by atoms with van der Waals surface area (Å²) in [6.45, 7) is 3.32. The molecular weight excluding hydrogens is 210 g/mol. The molecule has 2 saturated carbocycles. The van der Waals surface area contributed by atoms with Crippen molar-refractivity contribution in [2.75, 3.05) is 7.05 Å². The van der Waals surface area contributed by atoms with Gasteiger partial charge in [-0.2, -0.15) is 0 Å². The summed E-state index contributed by atoms with van der Waals surface area (Å²) in [5.74, 6) is 4.15. The number of nitrogens with zero attached hydrogens (tertiary/aromatic N) is 2. The zero-order valence-electron chi connectivity index (χ0n) is 10.9. The van der Waals surface area contributed by atoms with Crippen LogP contribution in [-0.4, -0.2) is 16.6 Å². The minimum absolute atomic E-state index is 0.462. The summed E-state index contributed by atoms with van der Waals surface area (Å²) in [5.41, 5.74) is 0. The molecule has 0 saturated heterocycles. The van der Waals surface area contributed by atoms with Gasteiger partial charge in [-0.1, -0.05) is 6.92 Å². The maximum Gasteiger partial charge on any atom is 0.126 e. The van der Waals surface area contributed by atoms with E-state index in [4.69, 9.17) is 0 Å². The van der Waals surface area contributed by atoms with E-state index in [9.17, 15) is 0 Å². The molecule has 0 amide bonds. The van der Waals surface area contributed by atoms with Gasteiger partial charge in [-0.15, -0.1) is 0 Å². The summed E-state index contributed by atoms with van der Waals surface area (Å²) in [5, 5.41) is 3.50. The van der Waals surface area contributed by atoms with Crippen LogP contribution in [0.3, 0.4) is 0 Å². The molecule has 17 heavy (non-hydrogen) atoms. The van der Waals surface area contributed by atoms with Crippen LogP contribution in [0.15, 0.2) is 12.4 Å². The second-order valence-corrected chi connectivity index (χ2v) is 5.73. The lowest BCUT2D eigenvalue weighted by Crippen LogP contribution is -2.27. The quantitative estimate of drug-likeness (QED) is 0.847. The van der Waals surface area contributed by atoms with Crippen LogP contribution < -0.4 is 5.32 Å². The first-order chi connectivity index (χ1) is 8.33. The van der Waals surface area contributed by atoms with E-state index < -0.39 is 0 Å².